The molecule has 0 saturated heterocycles. The third-order valence-corrected chi connectivity index (χ3v) is 3.04. The summed E-state index contributed by atoms with van der Waals surface area (Å²) < 4.78 is 10.9. The Morgan fingerprint density at radius 1 is 1.00 bits per heavy atom. The van der Waals surface area contributed by atoms with E-state index < -0.39 is 0 Å². The van der Waals surface area contributed by atoms with Crippen molar-refractivity contribution in [1.29, 1.82) is 0 Å². The smallest absolute Gasteiger partial charge is 0.119 e. The van der Waals surface area contributed by atoms with Gasteiger partial charge in [0.15, 0.2) is 0 Å². The van der Waals surface area contributed by atoms with E-state index in [-0.39, 0.29) is 0 Å². The van der Waals surface area contributed by atoms with Crippen LogP contribution in [0, 0.1) is 0 Å². The van der Waals surface area contributed by atoms with E-state index in [1.807, 2.05) is 42.5 Å². The van der Waals surface area contributed by atoms with Crippen molar-refractivity contribution in [2.75, 3.05) is 19.5 Å². The van der Waals surface area contributed by atoms with Gasteiger partial charge in [-0.15, -0.1) is 0 Å². The first-order valence-electron chi connectivity index (χ1n) is 6.83. The molecule has 0 saturated carbocycles. The van der Waals surface area contributed by atoms with E-state index in [4.69, 9.17) is 15.2 Å². The number of nitrogens with two attached hydrogens (primary N) is 1. The molecule has 2 N–H and O–H groups in total. The van der Waals surface area contributed by atoms with Crippen LogP contribution < -0.4 is 10.5 Å². The molecule has 0 atom stereocenters. The van der Waals surface area contributed by atoms with Gasteiger partial charge in [-0.3, -0.25) is 0 Å². The molecular formula is C17H21NO2. The van der Waals surface area contributed by atoms with E-state index in [0.29, 0.717) is 13.2 Å². The lowest BCUT2D eigenvalue weighted by Crippen LogP contribution is -2.00. The van der Waals surface area contributed by atoms with Crippen molar-refractivity contribution in [2.24, 2.45) is 0 Å². The van der Waals surface area contributed by atoms with E-state index in [1.54, 1.807) is 7.11 Å². The van der Waals surface area contributed by atoms with Crippen molar-refractivity contribution in [3.05, 3.63) is 59.7 Å². The summed E-state index contributed by atoms with van der Waals surface area (Å²) in [6.45, 7) is 1.31. The molecule has 0 amide bonds. The van der Waals surface area contributed by atoms with Crippen molar-refractivity contribution in [3.8, 4) is 5.75 Å². The van der Waals surface area contributed by atoms with E-state index in [9.17, 15) is 0 Å². The quantitative estimate of drug-likeness (QED) is 0.620. The lowest BCUT2D eigenvalue weighted by Gasteiger charge is -2.08. The first kappa shape index (κ1) is 14.4. The topological polar surface area (TPSA) is 44.5 Å². The van der Waals surface area contributed by atoms with E-state index in [1.165, 1.54) is 5.56 Å². The molecule has 0 heterocycles. The summed E-state index contributed by atoms with van der Waals surface area (Å²) in [6.07, 6.45) is 1.95. The van der Waals surface area contributed by atoms with Crippen LogP contribution in [0.1, 0.15) is 17.5 Å². The normalized spacial score (nSPS) is 10.4. The third kappa shape index (κ3) is 4.59. The van der Waals surface area contributed by atoms with E-state index in [2.05, 4.69) is 6.07 Å². The van der Waals surface area contributed by atoms with Crippen molar-refractivity contribution >= 4 is 5.69 Å². The van der Waals surface area contributed by atoms with Crippen molar-refractivity contribution in [1.82, 2.24) is 0 Å². The molecule has 20 heavy (non-hydrogen) atoms. The summed E-state index contributed by atoms with van der Waals surface area (Å²) in [5.41, 5.74) is 8.95. The Morgan fingerprint density at radius 2 is 1.80 bits per heavy atom. The second-order valence-electron chi connectivity index (χ2n) is 4.78. The fourth-order valence-electron chi connectivity index (χ4n) is 2.11. The Hall–Kier alpha value is -2.00. The summed E-state index contributed by atoms with van der Waals surface area (Å²) in [5.74, 6) is 0.895. The Bertz CT molecular complexity index is 540. The fourth-order valence-corrected chi connectivity index (χ4v) is 2.11. The zero-order valence-electron chi connectivity index (χ0n) is 11.8. The van der Waals surface area contributed by atoms with Gasteiger partial charge in [-0.1, -0.05) is 24.3 Å². The second-order valence-corrected chi connectivity index (χ2v) is 4.78. The number of anilines is 1. The molecule has 0 aromatic heterocycles. The van der Waals surface area contributed by atoms with Crippen LogP contribution in [0.2, 0.25) is 0 Å². The molecule has 0 aliphatic carbocycles. The number of aryl methyl sites for hydroxylation is 1. The van der Waals surface area contributed by atoms with Crippen LogP contribution in [-0.4, -0.2) is 13.7 Å². The summed E-state index contributed by atoms with van der Waals surface area (Å²) in [7, 11) is 1.69. The third-order valence-electron chi connectivity index (χ3n) is 3.04. The number of hydrogen-bond donors (Lipinski definition) is 1. The minimum atomic E-state index is 0.612. The molecule has 0 spiro atoms. The van der Waals surface area contributed by atoms with Crippen LogP contribution in [0.5, 0.6) is 5.75 Å². The van der Waals surface area contributed by atoms with Crippen molar-refractivity contribution in [3.63, 3.8) is 0 Å². The first-order valence-corrected chi connectivity index (χ1v) is 6.83. The van der Waals surface area contributed by atoms with Gasteiger partial charge in [0.05, 0.1) is 13.2 Å². The standard InChI is InChI=1S/C17H21NO2/c1-19-13-15-6-3-9-17(12-15)20-10-4-7-14-5-2-8-16(18)11-14/h2-3,5-6,8-9,11-12H,4,7,10,13,18H2,1H3. The van der Waals surface area contributed by atoms with Gasteiger partial charge in [0.2, 0.25) is 0 Å². The van der Waals surface area contributed by atoms with Crippen LogP contribution in [0.25, 0.3) is 0 Å². The number of nitrogen functional groups attached to an aromatic ring is 1. The van der Waals surface area contributed by atoms with Crippen LogP contribution in [-0.2, 0) is 17.8 Å². The molecule has 0 bridgehead atoms. The molecule has 0 aliphatic heterocycles. The van der Waals surface area contributed by atoms with Gasteiger partial charge >= 0.3 is 0 Å². The van der Waals surface area contributed by atoms with Gasteiger partial charge in [0, 0.05) is 12.8 Å². The first-order chi connectivity index (χ1) is 9.78. The maximum absolute atomic E-state index is 5.76. The molecule has 3 heteroatoms. The highest BCUT2D eigenvalue weighted by atomic mass is 16.5. The average molecular weight is 271 g/mol. The van der Waals surface area contributed by atoms with Crippen molar-refractivity contribution in [2.45, 2.75) is 19.4 Å². The van der Waals surface area contributed by atoms with Gasteiger partial charge in [0.25, 0.3) is 0 Å². The van der Waals surface area contributed by atoms with Gasteiger partial charge in [-0.05, 0) is 48.2 Å². The van der Waals surface area contributed by atoms with Crippen LogP contribution >= 0.6 is 0 Å². The van der Waals surface area contributed by atoms with Gasteiger partial charge < -0.3 is 15.2 Å². The van der Waals surface area contributed by atoms with Crippen LogP contribution in [0.15, 0.2) is 48.5 Å². The average Bonchev–Trinajstić information content (AvgIpc) is 2.45. The second kappa shape index (κ2) is 7.56. The summed E-state index contributed by atoms with van der Waals surface area (Å²) >= 11 is 0. The monoisotopic (exact) mass is 271 g/mol. The molecule has 2 rings (SSSR count). The van der Waals surface area contributed by atoms with Crippen molar-refractivity contribution < 1.29 is 9.47 Å². The highest BCUT2D eigenvalue weighted by Gasteiger charge is 1.98. The van der Waals surface area contributed by atoms with Gasteiger partial charge in [-0.25, -0.2) is 0 Å². The summed E-state index contributed by atoms with van der Waals surface area (Å²) in [4.78, 5) is 0. The Balaban J connectivity index is 1.77. The maximum Gasteiger partial charge on any atom is 0.119 e. The predicted molar refractivity (Wildman–Crippen MR) is 81.8 cm³/mol. The maximum atomic E-state index is 5.76. The fraction of sp³-hybridized carbons (Fsp3) is 0.294. The molecule has 0 unspecified atom stereocenters. The molecule has 2 aromatic rings. The summed E-state index contributed by atoms with van der Waals surface area (Å²) in [6, 6.07) is 16.0. The predicted octanol–water partition coefficient (Wildman–Crippen LogP) is 3.43. The van der Waals surface area contributed by atoms with Gasteiger partial charge in [0.1, 0.15) is 5.75 Å². The number of hydrogen-bond acceptors (Lipinski definition) is 3. The zero-order valence-corrected chi connectivity index (χ0v) is 11.8. The van der Waals surface area contributed by atoms with Crippen LogP contribution in [0.4, 0.5) is 5.69 Å². The number of benzene rings is 2. The molecule has 106 valence electrons. The van der Waals surface area contributed by atoms with E-state index in [0.717, 1.165) is 29.8 Å². The van der Waals surface area contributed by atoms with Gasteiger partial charge in [-0.2, -0.15) is 0 Å². The highest BCUT2D eigenvalue weighted by Crippen LogP contribution is 2.15. The minimum Gasteiger partial charge on any atom is -0.494 e. The zero-order chi connectivity index (χ0) is 14.2. The lowest BCUT2D eigenvalue weighted by molar-refractivity contribution is 0.184. The lowest BCUT2D eigenvalue weighted by atomic mass is 10.1. The minimum absolute atomic E-state index is 0.612. The molecule has 3 nitrogen and oxygen atoms in total. The number of rotatable bonds is 7. The summed E-state index contributed by atoms with van der Waals surface area (Å²) in [5, 5.41) is 0. The molecule has 2 aromatic carbocycles. The van der Waals surface area contributed by atoms with E-state index >= 15 is 0 Å². The Labute approximate surface area is 120 Å². The molecule has 0 radical (unpaired) electrons. The molecule has 0 aliphatic rings. The molecule has 0 fully saturated rings. The highest BCUT2D eigenvalue weighted by molar-refractivity contribution is 5.40. The SMILES string of the molecule is COCc1cccc(OCCCc2cccc(N)c2)c1. The Morgan fingerprint density at radius 3 is 2.60 bits per heavy atom. The number of methoxy groups -OCH3 is 1. The largest absolute Gasteiger partial charge is 0.494 e. The Kier molecular flexibility index (Phi) is 5.44. The van der Waals surface area contributed by atoms with Crippen LogP contribution in [0.3, 0.4) is 0 Å². The molecular weight excluding hydrogens is 250 g/mol. The number of ether oxygens (including phenoxy) is 2.